The third-order valence-corrected chi connectivity index (χ3v) is 5.68. The number of halogens is 1. The number of aromatic nitrogens is 1. The average Bonchev–Trinajstić information content (AvgIpc) is 2.74. The summed E-state index contributed by atoms with van der Waals surface area (Å²) in [4.78, 5) is 3.85. The van der Waals surface area contributed by atoms with E-state index in [1.54, 1.807) is 30.3 Å². The van der Waals surface area contributed by atoms with Crippen LogP contribution in [0.4, 0.5) is 17.1 Å². The largest absolute Gasteiger partial charge is 0.396 e. The zero-order chi connectivity index (χ0) is 21.3. The molecule has 1 aromatic heterocycles. The first kappa shape index (κ1) is 20.0. The number of nitrogen functional groups attached to an aromatic ring is 1. The smallest absolute Gasteiger partial charge is 0.295 e. The van der Waals surface area contributed by atoms with Gasteiger partial charge in [0.05, 0.1) is 11.9 Å². The Hall–Kier alpha value is -3.33. The molecule has 0 fully saturated rings. The number of benzene rings is 3. The molecule has 4 rings (SSSR count). The zero-order valence-electron chi connectivity index (χ0n) is 15.4. The summed E-state index contributed by atoms with van der Waals surface area (Å²) in [6, 6.07) is 18.9. The Balaban J connectivity index is 1.81. The lowest BCUT2D eigenvalue weighted by Crippen LogP contribution is -2.01. The first-order valence-electron chi connectivity index (χ1n) is 8.76. The van der Waals surface area contributed by atoms with Crippen LogP contribution in [0.3, 0.4) is 0 Å². The second-order valence-corrected chi connectivity index (χ2v) is 8.17. The van der Waals surface area contributed by atoms with Gasteiger partial charge >= 0.3 is 0 Å². The molecule has 3 aromatic carbocycles. The van der Waals surface area contributed by atoms with Crippen molar-refractivity contribution in [2.75, 3.05) is 5.73 Å². The van der Waals surface area contributed by atoms with Crippen molar-refractivity contribution < 1.29 is 13.0 Å². The summed E-state index contributed by atoms with van der Waals surface area (Å²) >= 11 is 6.21. The Morgan fingerprint density at radius 2 is 1.60 bits per heavy atom. The molecule has 150 valence electrons. The minimum atomic E-state index is -4.49. The maximum absolute atomic E-state index is 11.8. The van der Waals surface area contributed by atoms with Crippen LogP contribution in [-0.4, -0.2) is 18.0 Å². The average molecular weight is 439 g/mol. The van der Waals surface area contributed by atoms with Crippen LogP contribution in [0, 0.1) is 0 Å². The van der Waals surface area contributed by atoms with Crippen LogP contribution >= 0.6 is 11.6 Å². The van der Waals surface area contributed by atoms with Crippen LogP contribution in [0.15, 0.2) is 88.1 Å². The van der Waals surface area contributed by atoms with Crippen molar-refractivity contribution in [1.82, 2.24) is 4.98 Å². The molecule has 0 saturated carbocycles. The number of hydrogen-bond acceptors (Lipinski definition) is 6. The minimum absolute atomic E-state index is 0.109. The molecule has 1 heterocycles. The summed E-state index contributed by atoms with van der Waals surface area (Å²) in [5.41, 5.74) is 8.47. The highest BCUT2D eigenvalue weighted by atomic mass is 35.5. The zero-order valence-corrected chi connectivity index (χ0v) is 17.0. The standard InChI is InChI=1S/C21H15ClN4O3S/c22-21-17(13-6-2-1-3-7-13)10-14(12-24-21)25-26-18-11-19(30(27,28)29)15-8-4-5-9-16(15)20(18)23/h1-12H,23H2,(H,27,28,29). The highest BCUT2D eigenvalue weighted by Gasteiger charge is 2.18. The van der Waals surface area contributed by atoms with E-state index in [-0.39, 0.29) is 16.3 Å². The summed E-state index contributed by atoms with van der Waals surface area (Å²) in [6.07, 6.45) is 1.44. The summed E-state index contributed by atoms with van der Waals surface area (Å²) in [5.74, 6) is 0. The molecule has 0 spiro atoms. The SMILES string of the molecule is Nc1c(N=Nc2cnc(Cl)c(-c3ccccc3)c2)cc(S(=O)(=O)O)c2ccccc12. The number of rotatable bonds is 4. The van der Waals surface area contributed by atoms with Gasteiger partial charge in [-0.3, -0.25) is 4.55 Å². The van der Waals surface area contributed by atoms with Crippen molar-refractivity contribution in [3.8, 4) is 11.1 Å². The van der Waals surface area contributed by atoms with E-state index in [0.717, 1.165) is 5.56 Å². The van der Waals surface area contributed by atoms with Crippen LogP contribution in [0.2, 0.25) is 5.15 Å². The Morgan fingerprint density at radius 3 is 2.30 bits per heavy atom. The third kappa shape index (κ3) is 3.88. The van der Waals surface area contributed by atoms with E-state index in [1.165, 1.54) is 12.3 Å². The molecule has 0 aliphatic heterocycles. The lowest BCUT2D eigenvalue weighted by molar-refractivity contribution is 0.484. The fraction of sp³-hybridized carbons (Fsp3) is 0. The number of fused-ring (bicyclic) bond motifs is 1. The van der Waals surface area contributed by atoms with Crippen molar-refractivity contribution in [2.45, 2.75) is 4.90 Å². The summed E-state index contributed by atoms with van der Waals surface area (Å²) in [6.45, 7) is 0. The topological polar surface area (TPSA) is 118 Å². The molecule has 0 amide bonds. The monoisotopic (exact) mass is 438 g/mol. The van der Waals surface area contributed by atoms with E-state index in [2.05, 4.69) is 15.2 Å². The van der Waals surface area contributed by atoms with Gasteiger partial charge in [0.25, 0.3) is 10.1 Å². The van der Waals surface area contributed by atoms with Gasteiger partial charge in [-0.15, -0.1) is 10.2 Å². The highest BCUT2D eigenvalue weighted by molar-refractivity contribution is 7.86. The number of hydrogen-bond donors (Lipinski definition) is 2. The van der Waals surface area contributed by atoms with Gasteiger partial charge in [-0.05, 0) is 17.7 Å². The van der Waals surface area contributed by atoms with E-state index in [1.807, 2.05) is 30.3 Å². The molecule has 0 saturated heterocycles. The highest BCUT2D eigenvalue weighted by Crippen LogP contribution is 2.37. The van der Waals surface area contributed by atoms with E-state index >= 15 is 0 Å². The molecular weight excluding hydrogens is 424 g/mol. The summed E-state index contributed by atoms with van der Waals surface area (Å²) in [7, 11) is -4.49. The number of pyridine rings is 1. The molecule has 9 heteroatoms. The number of azo groups is 1. The summed E-state index contributed by atoms with van der Waals surface area (Å²) < 4.78 is 33.3. The molecule has 0 unspecified atom stereocenters. The molecule has 4 aromatic rings. The molecule has 7 nitrogen and oxygen atoms in total. The first-order valence-corrected chi connectivity index (χ1v) is 10.6. The van der Waals surface area contributed by atoms with Crippen LogP contribution in [0.5, 0.6) is 0 Å². The second kappa shape index (κ2) is 7.83. The Labute approximate surface area is 177 Å². The first-order chi connectivity index (χ1) is 14.3. The number of nitrogens with two attached hydrogens (primary N) is 1. The maximum atomic E-state index is 11.8. The number of nitrogens with zero attached hydrogens (tertiary/aromatic N) is 3. The lowest BCUT2D eigenvalue weighted by Gasteiger charge is -2.09. The van der Waals surface area contributed by atoms with Gasteiger partial charge in [0.1, 0.15) is 21.4 Å². The van der Waals surface area contributed by atoms with Gasteiger partial charge in [0.2, 0.25) is 0 Å². The lowest BCUT2D eigenvalue weighted by atomic mass is 10.1. The minimum Gasteiger partial charge on any atom is -0.396 e. The fourth-order valence-corrected chi connectivity index (χ4v) is 4.00. The normalized spacial score (nSPS) is 11.9. The Kier molecular flexibility index (Phi) is 5.21. The predicted octanol–water partition coefficient (Wildman–Crippen LogP) is 5.80. The third-order valence-electron chi connectivity index (χ3n) is 4.49. The molecule has 0 aliphatic carbocycles. The van der Waals surface area contributed by atoms with Crippen LogP contribution in [-0.2, 0) is 10.1 Å². The van der Waals surface area contributed by atoms with Gasteiger partial charge in [0, 0.05) is 16.3 Å². The maximum Gasteiger partial charge on any atom is 0.295 e. The van der Waals surface area contributed by atoms with E-state index in [9.17, 15) is 13.0 Å². The van der Waals surface area contributed by atoms with Crippen LogP contribution < -0.4 is 5.73 Å². The van der Waals surface area contributed by atoms with E-state index in [4.69, 9.17) is 17.3 Å². The fourth-order valence-electron chi connectivity index (χ4n) is 3.07. The molecular formula is C21H15ClN4O3S. The van der Waals surface area contributed by atoms with Crippen LogP contribution in [0.25, 0.3) is 21.9 Å². The van der Waals surface area contributed by atoms with Crippen molar-refractivity contribution in [3.63, 3.8) is 0 Å². The van der Waals surface area contributed by atoms with E-state index in [0.29, 0.717) is 27.2 Å². The van der Waals surface area contributed by atoms with Crippen molar-refractivity contribution in [2.24, 2.45) is 10.2 Å². The second-order valence-electron chi connectivity index (χ2n) is 6.43. The molecule has 3 N–H and O–H groups in total. The van der Waals surface area contributed by atoms with Gasteiger partial charge in [0.15, 0.2) is 0 Å². The molecule has 30 heavy (non-hydrogen) atoms. The molecule has 0 aliphatic rings. The van der Waals surface area contributed by atoms with Crippen molar-refractivity contribution in [1.29, 1.82) is 0 Å². The Bertz CT molecular complexity index is 1390. The van der Waals surface area contributed by atoms with Crippen molar-refractivity contribution >= 4 is 49.6 Å². The number of anilines is 1. The van der Waals surface area contributed by atoms with Gasteiger partial charge < -0.3 is 5.73 Å². The molecule has 0 atom stereocenters. The van der Waals surface area contributed by atoms with E-state index < -0.39 is 10.1 Å². The van der Waals surface area contributed by atoms with Gasteiger partial charge in [-0.1, -0.05) is 66.2 Å². The Morgan fingerprint density at radius 1 is 0.933 bits per heavy atom. The summed E-state index contributed by atoms with van der Waals surface area (Å²) in [5, 5.41) is 9.31. The quantitative estimate of drug-likeness (QED) is 0.180. The van der Waals surface area contributed by atoms with Crippen LogP contribution in [0.1, 0.15) is 0 Å². The van der Waals surface area contributed by atoms with Gasteiger partial charge in [-0.25, -0.2) is 4.98 Å². The van der Waals surface area contributed by atoms with Crippen molar-refractivity contribution in [3.05, 3.63) is 78.1 Å². The predicted molar refractivity (Wildman–Crippen MR) is 117 cm³/mol. The van der Waals surface area contributed by atoms with Gasteiger partial charge in [-0.2, -0.15) is 8.42 Å². The molecule has 0 bridgehead atoms. The molecule has 0 radical (unpaired) electrons.